The molecule has 0 bridgehead atoms. The number of halogens is 1. The van der Waals surface area contributed by atoms with Crippen molar-refractivity contribution in [3.05, 3.63) is 63.9 Å². The molecule has 4 aromatic rings. The summed E-state index contributed by atoms with van der Waals surface area (Å²) in [6.45, 7) is 0. The number of hydrogen-bond acceptors (Lipinski definition) is 2. The number of para-hydroxylation sites is 1. The van der Waals surface area contributed by atoms with Crippen molar-refractivity contribution in [2.24, 2.45) is 0 Å². The Bertz CT molecular complexity index is 1050. The highest BCUT2D eigenvalue weighted by Crippen LogP contribution is 2.30. The summed E-state index contributed by atoms with van der Waals surface area (Å²) in [4.78, 5) is 15.8. The van der Waals surface area contributed by atoms with Crippen LogP contribution in [0.25, 0.3) is 27.6 Å². The third-order valence-corrected chi connectivity index (χ3v) is 4.64. The molecule has 2 aromatic carbocycles. The van der Waals surface area contributed by atoms with Crippen LogP contribution in [0.1, 0.15) is 10.4 Å². The summed E-state index contributed by atoms with van der Waals surface area (Å²) in [6, 6.07) is 16.1. The van der Waals surface area contributed by atoms with E-state index in [1.807, 2.05) is 53.2 Å². The fourth-order valence-electron chi connectivity index (χ4n) is 2.92. The van der Waals surface area contributed by atoms with Gasteiger partial charge in [0, 0.05) is 20.7 Å². The second kappa shape index (κ2) is 5.42. The Balaban J connectivity index is 2.08. The predicted octanol–water partition coefficient (Wildman–Crippen LogP) is 4.50. The molecule has 1 N–H and O–H groups in total. The van der Waals surface area contributed by atoms with Crippen molar-refractivity contribution in [2.45, 2.75) is 0 Å². The molecule has 0 radical (unpaired) electrons. The number of nitrogens with one attached hydrogen (secondary N) is 1. The number of nitrogens with zero attached hydrogens (tertiary/aromatic N) is 1. The SMILES string of the molecule is COC(=O)c1c(-n2ccc3ccccc32)[nH]c2ccc(I)cc12. The number of benzene rings is 2. The van der Waals surface area contributed by atoms with Crippen LogP contribution in [0.5, 0.6) is 0 Å². The molecule has 0 amide bonds. The van der Waals surface area contributed by atoms with Gasteiger partial charge in [-0.2, -0.15) is 0 Å². The third kappa shape index (κ3) is 2.23. The van der Waals surface area contributed by atoms with Gasteiger partial charge in [0.15, 0.2) is 0 Å². The normalized spacial score (nSPS) is 11.2. The maximum Gasteiger partial charge on any atom is 0.342 e. The lowest BCUT2D eigenvalue weighted by atomic mass is 10.1. The minimum atomic E-state index is -0.342. The van der Waals surface area contributed by atoms with E-state index in [0.29, 0.717) is 5.56 Å². The molecule has 23 heavy (non-hydrogen) atoms. The van der Waals surface area contributed by atoms with Crippen molar-refractivity contribution < 1.29 is 9.53 Å². The Kier molecular flexibility index (Phi) is 3.37. The molecule has 0 saturated heterocycles. The van der Waals surface area contributed by atoms with Crippen LogP contribution in [0.3, 0.4) is 0 Å². The maximum atomic E-state index is 12.4. The lowest BCUT2D eigenvalue weighted by Crippen LogP contribution is -2.06. The predicted molar refractivity (Wildman–Crippen MR) is 99.2 cm³/mol. The second-order valence-corrected chi connectivity index (χ2v) is 6.52. The first-order chi connectivity index (χ1) is 11.2. The van der Waals surface area contributed by atoms with Crippen molar-refractivity contribution in [1.29, 1.82) is 0 Å². The van der Waals surface area contributed by atoms with E-state index in [0.717, 1.165) is 31.2 Å². The van der Waals surface area contributed by atoms with Gasteiger partial charge in [-0.3, -0.25) is 0 Å². The molecule has 0 unspecified atom stereocenters. The summed E-state index contributed by atoms with van der Waals surface area (Å²) in [5, 5.41) is 1.99. The maximum absolute atomic E-state index is 12.4. The van der Waals surface area contributed by atoms with Crippen LogP contribution >= 0.6 is 22.6 Å². The minimum Gasteiger partial charge on any atom is -0.465 e. The zero-order chi connectivity index (χ0) is 16.0. The number of aromatic nitrogens is 2. The number of esters is 1. The van der Waals surface area contributed by atoms with Gasteiger partial charge in [0.05, 0.1) is 12.6 Å². The third-order valence-electron chi connectivity index (χ3n) is 3.97. The number of fused-ring (bicyclic) bond motifs is 2. The highest BCUT2D eigenvalue weighted by molar-refractivity contribution is 14.1. The summed E-state index contributed by atoms with van der Waals surface area (Å²) >= 11 is 2.24. The van der Waals surface area contributed by atoms with Crippen molar-refractivity contribution in [3.8, 4) is 5.82 Å². The number of ether oxygens (including phenoxy) is 1. The van der Waals surface area contributed by atoms with E-state index in [2.05, 4.69) is 33.6 Å². The second-order valence-electron chi connectivity index (χ2n) is 5.27. The quantitative estimate of drug-likeness (QED) is 0.386. The average molecular weight is 416 g/mol. The highest BCUT2D eigenvalue weighted by atomic mass is 127. The molecule has 0 aliphatic heterocycles. The summed E-state index contributed by atoms with van der Waals surface area (Å²) in [6.07, 6.45) is 1.97. The van der Waals surface area contributed by atoms with E-state index >= 15 is 0 Å². The Morgan fingerprint density at radius 3 is 2.83 bits per heavy atom. The lowest BCUT2D eigenvalue weighted by Gasteiger charge is -2.06. The number of methoxy groups -OCH3 is 1. The molecule has 5 heteroatoms. The largest absolute Gasteiger partial charge is 0.465 e. The Morgan fingerprint density at radius 1 is 1.17 bits per heavy atom. The molecular formula is C18H13IN2O2. The Hall–Kier alpha value is -2.28. The summed E-state index contributed by atoms with van der Waals surface area (Å²) in [7, 11) is 1.41. The van der Waals surface area contributed by atoms with Crippen LogP contribution in [0.4, 0.5) is 0 Å². The van der Waals surface area contributed by atoms with Crippen molar-refractivity contribution in [1.82, 2.24) is 9.55 Å². The van der Waals surface area contributed by atoms with Gasteiger partial charge in [-0.25, -0.2) is 4.79 Å². The molecule has 0 fully saturated rings. The van der Waals surface area contributed by atoms with Crippen LogP contribution in [0, 0.1) is 3.57 Å². The van der Waals surface area contributed by atoms with Crippen molar-refractivity contribution >= 4 is 50.4 Å². The Labute approximate surface area is 146 Å². The van der Waals surface area contributed by atoms with Crippen molar-refractivity contribution in [3.63, 3.8) is 0 Å². The fourth-order valence-corrected chi connectivity index (χ4v) is 3.41. The molecule has 0 saturated carbocycles. The Morgan fingerprint density at radius 2 is 2.00 bits per heavy atom. The van der Waals surface area contributed by atoms with Gasteiger partial charge in [-0.1, -0.05) is 18.2 Å². The molecule has 2 heterocycles. The van der Waals surface area contributed by atoms with Crippen LogP contribution in [-0.4, -0.2) is 22.6 Å². The van der Waals surface area contributed by atoms with Gasteiger partial charge in [-0.05, 0) is 58.3 Å². The first-order valence-corrected chi connectivity index (χ1v) is 8.23. The first kappa shape index (κ1) is 14.3. The molecule has 4 rings (SSSR count). The number of H-pyrrole nitrogens is 1. The molecule has 0 spiro atoms. The van der Waals surface area contributed by atoms with Crippen LogP contribution in [0.2, 0.25) is 0 Å². The fraction of sp³-hybridized carbons (Fsp3) is 0.0556. The summed E-state index contributed by atoms with van der Waals surface area (Å²) < 4.78 is 8.09. The van der Waals surface area contributed by atoms with Gasteiger partial charge in [0.25, 0.3) is 0 Å². The average Bonchev–Trinajstić information content (AvgIpc) is 3.14. The number of rotatable bonds is 2. The molecule has 114 valence electrons. The molecule has 2 aromatic heterocycles. The van der Waals surface area contributed by atoms with E-state index in [-0.39, 0.29) is 5.97 Å². The molecule has 0 aliphatic rings. The minimum absolute atomic E-state index is 0.342. The molecule has 4 nitrogen and oxygen atoms in total. The number of hydrogen-bond donors (Lipinski definition) is 1. The van der Waals surface area contributed by atoms with Gasteiger partial charge in [-0.15, -0.1) is 0 Å². The number of aromatic amines is 1. The van der Waals surface area contributed by atoms with E-state index < -0.39 is 0 Å². The zero-order valence-electron chi connectivity index (χ0n) is 12.3. The number of carbonyl (C=O) groups is 1. The van der Waals surface area contributed by atoms with Gasteiger partial charge >= 0.3 is 5.97 Å². The van der Waals surface area contributed by atoms with Crippen molar-refractivity contribution in [2.75, 3.05) is 7.11 Å². The molecule has 0 atom stereocenters. The smallest absolute Gasteiger partial charge is 0.342 e. The highest BCUT2D eigenvalue weighted by Gasteiger charge is 2.21. The lowest BCUT2D eigenvalue weighted by molar-refractivity contribution is 0.0603. The summed E-state index contributed by atoms with van der Waals surface area (Å²) in [5.41, 5.74) is 2.51. The van der Waals surface area contributed by atoms with E-state index in [4.69, 9.17) is 4.74 Å². The standard InChI is InChI=1S/C18H13IN2O2/c1-23-18(22)16-13-10-12(19)6-7-14(13)20-17(16)21-9-8-11-4-2-3-5-15(11)21/h2-10,20H,1H3. The van der Waals surface area contributed by atoms with Crippen LogP contribution in [-0.2, 0) is 4.74 Å². The zero-order valence-corrected chi connectivity index (χ0v) is 14.5. The van der Waals surface area contributed by atoms with E-state index in [1.165, 1.54) is 7.11 Å². The molecular weight excluding hydrogens is 403 g/mol. The number of carbonyl (C=O) groups excluding carboxylic acids is 1. The van der Waals surface area contributed by atoms with Gasteiger partial charge in [0.2, 0.25) is 0 Å². The van der Waals surface area contributed by atoms with Crippen LogP contribution < -0.4 is 0 Å². The molecule has 0 aliphatic carbocycles. The van der Waals surface area contributed by atoms with E-state index in [1.54, 1.807) is 0 Å². The van der Waals surface area contributed by atoms with Gasteiger partial charge in [0.1, 0.15) is 11.4 Å². The topological polar surface area (TPSA) is 47.0 Å². The first-order valence-electron chi connectivity index (χ1n) is 7.15. The van der Waals surface area contributed by atoms with E-state index in [9.17, 15) is 4.79 Å². The monoisotopic (exact) mass is 416 g/mol. The van der Waals surface area contributed by atoms with Gasteiger partial charge < -0.3 is 14.3 Å². The summed E-state index contributed by atoms with van der Waals surface area (Å²) in [5.74, 6) is 0.390. The van der Waals surface area contributed by atoms with Crippen LogP contribution in [0.15, 0.2) is 54.7 Å².